The first-order valence-corrected chi connectivity index (χ1v) is 6.67. The van der Waals surface area contributed by atoms with Gasteiger partial charge in [0.15, 0.2) is 0 Å². The summed E-state index contributed by atoms with van der Waals surface area (Å²) >= 11 is 0. The zero-order chi connectivity index (χ0) is 14.0. The summed E-state index contributed by atoms with van der Waals surface area (Å²) in [6, 6.07) is 3.94. The van der Waals surface area contributed by atoms with Crippen LogP contribution in [0.3, 0.4) is 0 Å². The van der Waals surface area contributed by atoms with E-state index in [0.29, 0.717) is 18.8 Å². The van der Waals surface area contributed by atoms with Gasteiger partial charge in [-0.25, -0.2) is 0 Å². The van der Waals surface area contributed by atoms with Gasteiger partial charge in [-0.1, -0.05) is 0 Å². The number of aliphatic carboxylic acids is 1. The van der Waals surface area contributed by atoms with Gasteiger partial charge in [0.2, 0.25) is 0 Å². The fraction of sp³-hybridized carbons (Fsp3) is 0.571. The number of likely N-dealkylation sites (tertiary alicyclic amines) is 1. The van der Waals surface area contributed by atoms with Gasteiger partial charge in [0.25, 0.3) is 5.91 Å². The zero-order valence-corrected chi connectivity index (χ0v) is 11.4. The van der Waals surface area contributed by atoms with Crippen molar-refractivity contribution < 1.29 is 14.7 Å². The van der Waals surface area contributed by atoms with E-state index in [2.05, 4.69) is 0 Å². The molecule has 104 valence electrons. The Morgan fingerprint density at radius 2 is 2.21 bits per heavy atom. The Kier molecular flexibility index (Phi) is 3.93. The van der Waals surface area contributed by atoms with Gasteiger partial charge in [-0.15, -0.1) is 0 Å². The molecule has 19 heavy (non-hydrogen) atoms. The summed E-state index contributed by atoms with van der Waals surface area (Å²) in [5.41, 5.74) is 0.686. The lowest BCUT2D eigenvalue weighted by atomic mass is 10.1. The third kappa shape index (κ3) is 2.97. The van der Waals surface area contributed by atoms with E-state index < -0.39 is 5.97 Å². The minimum Gasteiger partial charge on any atom is -0.481 e. The van der Waals surface area contributed by atoms with E-state index in [1.165, 1.54) is 0 Å². The Morgan fingerprint density at radius 3 is 2.84 bits per heavy atom. The van der Waals surface area contributed by atoms with Crippen LogP contribution < -0.4 is 0 Å². The van der Waals surface area contributed by atoms with Crippen LogP contribution >= 0.6 is 0 Å². The number of amides is 1. The van der Waals surface area contributed by atoms with Gasteiger partial charge in [0.1, 0.15) is 5.69 Å². The van der Waals surface area contributed by atoms with Crippen LogP contribution in [0.4, 0.5) is 0 Å². The number of hydrogen-bond acceptors (Lipinski definition) is 2. The fourth-order valence-electron chi connectivity index (χ4n) is 2.62. The first kappa shape index (κ1) is 13.6. The number of rotatable bonds is 4. The average molecular weight is 264 g/mol. The van der Waals surface area contributed by atoms with Gasteiger partial charge in [0.05, 0.1) is 0 Å². The molecular weight excluding hydrogens is 244 g/mol. The summed E-state index contributed by atoms with van der Waals surface area (Å²) in [5.74, 6) is -0.694. The molecule has 1 unspecified atom stereocenters. The molecule has 1 aromatic heterocycles. The van der Waals surface area contributed by atoms with E-state index in [9.17, 15) is 9.59 Å². The van der Waals surface area contributed by atoms with E-state index in [0.717, 1.165) is 6.42 Å². The molecule has 1 aliphatic rings. The maximum absolute atomic E-state index is 12.4. The standard InChI is InChI=1S/C14H20N2O3/c1-10(2)16-6-3-4-12(16)14(19)15-7-5-11(9-15)8-13(17)18/h3-4,6,10-11H,5,7-9H2,1-2H3,(H,17,18). The monoisotopic (exact) mass is 264 g/mol. The van der Waals surface area contributed by atoms with Gasteiger partial charge in [-0.2, -0.15) is 0 Å². The molecule has 5 nitrogen and oxygen atoms in total. The third-order valence-corrected chi connectivity index (χ3v) is 3.59. The summed E-state index contributed by atoms with van der Waals surface area (Å²) in [7, 11) is 0. The van der Waals surface area contributed by atoms with Crippen LogP contribution in [0.2, 0.25) is 0 Å². The first-order chi connectivity index (χ1) is 8.99. The highest BCUT2D eigenvalue weighted by atomic mass is 16.4. The second-order valence-corrected chi connectivity index (χ2v) is 5.40. The van der Waals surface area contributed by atoms with Crippen LogP contribution in [0.5, 0.6) is 0 Å². The number of hydrogen-bond donors (Lipinski definition) is 1. The van der Waals surface area contributed by atoms with Crippen LogP contribution in [0.25, 0.3) is 0 Å². The largest absolute Gasteiger partial charge is 0.481 e. The number of aromatic nitrogens is 1. The molecule has 1 aliphatic heterocycles. The number of carboxylic acids is 1. The molecule has 0 radical (unpaired) electrons. The maximum Gasteiger partial charge on any atom is 0.303 e. The van der Waals surface area contributed by atoms with E-state index in [-0.39, 0.29) is 24.3 Å². The van der Waals surface area contributed by atoms with Gasteiger partial charge in [-0.3, -0.25) is 9.59 Å². The quantitative estimate of drug-likeness (QED) is 0.904. The number of carbonyl (C=O) groups excluding carboxylic acids is 1. The molecule has 1 saturated heterocycles. The lowest BCUT2D eigenvalue weighted by Crippen LogP contribution is -2.31. The summed E-state index contributed by atoms with van der Waals surface area (Å²) in [6.45, 7) is 5.27. The summed E-state index contributed by atoms with van der Waals surface area (Å²) < 4.78 is 1.95. The van der Waals surface area contributed by atoms with Crippen molar-refractivity contribution >= 4 is 11.9 Å². The second-order valence-electron chi connectivity index (χ2n) is 5.40. The van der Waals surface area contributed by atoms with Crippen molar-refractivity contribution in [3.05, 3.63) is 24.0 Å². The Hall–Kier alpha value is -1.78. The predicted molar refractivity (Wildman–Crippen MR) is 71.1 cm³/mol. The molecule has 1 fully saturated rings. The summed E-state index contributed by atoms with van der Waals surface area (Å²) in [6.07, 6.45) is 2.83. The molecule has 0 saturated carbocycles. The lowest BCUT2D eigenvalue weighted by molar-refractivity contribution is -0.138. The third-order valence-electron chi connectivity index (χ3n) is 3.59. The Morgan fingerprint density at radius 1 is 1.47 bits per heavy atom. The summed E-state index contributed by atoms with van der Waals surface area (Å²) in [4.78, 5) is 24.9. The van der Waals surface area contributed by atoms with E-state index in [1.807, 2.05) is 36.7 Å². The molecule has 0 aromatic carbocycles. The molecule has 0 bridgehead atoms. The Labute approximate surface area is 112 Å². The van der Waals surface area contributed by atoms with Gasteiger partial charge in [-0.05, 0) is 38.3 Å². The molecule has 2 rings (SSSR count). The van der Waals surface area contributed by atoms with Crippen molar-refractivity contribution in [2.75, 3.05) is 13.1 Å². The maximum atomic E-state index is 12.4. The second kappa shape index (κ2) is 5.47. The van der Waals surface area contributed by atoms with Crippen LogP contribution in [-0.2, 0) is 4.79 Å². The average Bonchev–Trinajstić information content (AvgIpc) is 2.94. The normalized spacial score (nSPS) is 19.1. The minimum atomic E-state index is -0.787. The molecule has 1 atom stereocenters. The fourth-order valence-corrected chi connectivity index (χ4v) is 2.62. The Bertz CT molecular complexity index is 479. The number of carbonyl (C=O) groups is 2. The van der Waals surface area contributed by atoms with Crippen LogP contribution in [-0.4, -0.2) is 39.5 Å². The molecule has 0 aliphatic carbocycles. The van der Waals surface area contributed by atoms with Crippen molar-refractivity contribution in [3.8, 4) is 0 Å². The number of carboxylic acid groups (broad SMARTS) is 1. The first-order valence-electron chi connectivity index (χ1n) is 6.67. The molecule has 1 aromatic rings. The predicted octanol–water partition coefficient (Wildman–Crippen LogP) is 2.01. The molecule has 1 amide bonds. The van der Waals surface area contributed by atoms with Gasteiger partial charge in [0, 0.05) is 31.7 Å². The molecular formula is C14H20N2O3. The topological polar surface area (TPSA) is 62.5 Å². The van der Waals surface area contributed by atoms with Crippen molar-refractivity contribution in [1.29, 1.82) is 0 Å². The van der Waals surface area contributed by atoms with Crippen LogP contribution in [0.1, 0.15) is 43.2 Å². The smallest absolute Gasteiger partial charge is 0.303 e. The highest BCUT2D eigenvalue weighted by molar-refractivity contribution is 5.93. The van der Waals surface area contributed by atoms with Crippen molar-refractivity contribution in [2.24, 2.45) is 5.92 Å². The molecule has 0 spiro atoms. The zero-order valence-electron chi connectivity index (χ0n) is 11.4. The van der Waals surface area contributed by atoms with Crippen molar-refractivity contribution in [2.45, 2.75) is 32.7 Å². The van der Waals surface area contributed by atoms with Crippen LogP contribution in [0.15, 0.2) is 18.3 Å². The molecule has 5 heteroatoms. The molecule has 1 N–H and O–H groups in total. The summed E-state index contributed by atoms with van der Waals surface area (Å²) in [5, 5.41) is 8.79. The van der Waals surface area contributed by atoms with Crippen LogP contribution in [0, 0.1) is 5.92 Å². The van der Waals surface area contributed by atoms with Gasteiger partial charge < -0.3 is 14.6 Å². The van der Waals surface area contributed by atoms with E-state index in [1.54, 1.807) is 4.90 Å². The number of nitrogens with zero attached hydrogens (tertiary/aromatic N) is 2. The Balaban J connectivity index is 2.05. The SMILES string of the molecule is CC(C)n1cccc1C(=O)N1CCC(CC(=O)O)C1. The van der Waals surface area contributed by atoms with E-state index >= 15 is 0 Å². The highest BCUT2D eigenvalue weighted by Crippen LogP contribution is 2.22. The van der Waals surface area contributed by atoms with Gasteiger partial charge >= 0.3 is 5.97 Å². The minimum absolute atomic E-state index is 0.00610. The van der Waals surface area contributed by atoms with Crippen molar-refractivity contribution in [1.82, 2.24) is 9.47 Å². The molecule has 2 heterocycles. The highest BCUT2D eigenvalue weighted by Gasteiger charge is 2.29. The van der Waals surface area contributed by atoms with E-state index in [4.69, 9.17) is 5.11 Å². The van der Waals surface area contributed by atoms with Crippen molar-refractivity contribution in [3.63, 3.8) is 0 Å². The lowest BCUT2D eigenvalue weighted by Gasteiger charge is -2.19.